The zero-order valence-corrected chi connectivity index (χ0v) is 11.7. The second-order valence-corrected chi connectivity index (χ2v) is 4.65. The van der Waals surface area contributed by atoms with Crippen LogP contribution in [0.4, 0.5) is 13.2 Å². The first-order valence-corrected chi connectivity index (χ1v) is 6.15. The molecule has 1 rings (SSSR count). The van der Waals surface area contributed by atoms with Crippen molar-refractivity contribution < 1.29 is 18.0 Å². The SMILES string of the molecule is CN(CCCNC(=O)C1CCCN1)CC(F)(F)F.Cl. The van der Waals surface area contributed by atoms with Crippen LogP contribution >= 0.6 is 12.4 Å². The molecule has 19 heavy (non-hydrogen) atoms. The molecule has 0 spiro atoms. The molecule has 0 aromatic carbocycles. The van der Waals surface area contributed by atoms with E-state index in [1.165, 1.54) is 11.9 Å². The second-order valence-electron chi connectivity index (χ2n) is 4.65. The van der Waals surface area contributed by atoms with Crippen LogP contribution < -0.4 is 10.6 Å². The summed E-state index contributed by atoms with van der Waals surface area (Å²) in [5, 5.41) is 5.80. The Morgan fingerprint density at radius 2 is 2.16 bits per heavy atom. The predicted octanol–water partition coefficient (Wildman–Crippen LogP) is 1.16. The summed E-state index contributed by atoms with van der Waals surface area (Å²) in [5.41, 5.74) is 0. The first-order valence-electron chi connectivity index (χ1n) is 6.15. The van der Waals surface area contributed by atoms with Gasteiger partial charge in [0.2, 0.25) is 5.91 Å². The van der Waals surface area contributed by atoms with Crippen LogP contribution in [0.2, 0.25) is 0 Å². The van der Waals surface area contributed by atoms with Crippen LogP contribution in [0.1, 0.15) is 19.3 Å². The fraction of sp³-hybridized carbons (Fsp3) is 0.909. The van der Waals surface area contributed by atoms with Crippen molar-refractivity contribution in [3.05, 3.63) is 0 Å². The number of hydrogen-bond acceptors (Lipinski definition) is 3. The highest BCUT2D eigenvalue weighted by Gasteiger charge is 2.28. The lowest BCUT2D eigenvalue weighted by molar-refractivity contribution is -0.143. The van der Waals surface area contributed by atoms with E-state index in [4.69, 9.17) is 0 Å². The second kappa shape index (κ2) is 8.60. The van der Waals surface area contributed by atoms with Crippen molar-refractivity contribution in [2.24, 2.45) is 0 Å². The molecule has 0 aliphatic carbocycles. The highest BCUT2D eigenvalue weighted by atomic mass is 35.5. The summed E-state index contributed by atoms with van der Waals surface area (Å²) >= 11 is 0. The Balaban J connectivity index is 0.00000324. The maximum atomic E-state index is 12.0. The molecule has 0 radical (unpaired) electrons. The maximum absolute atomic E-state index is 12.0. The number of carbonyl (C=O) groups excluding carboxylic acids is 1. The number of hydrogen-bond donors (Lipinski definition) is 2. The summed E-state index contributed by atoms with van der Waals surface area (Å²) < 4.78 is 36.1. The van der Waals surface area contributed by atoms with Gasteiger partial charge in [0.15, 0.2) is 0 Å². The van der Waals surface area contributed by atoms with E-state index in [0.717, 1.165) is 19.4 Å². The summed E-state index contributed by atoms with van der Waals surface area (Å²) in [6.45, 7) is 0.675. The van der Waals surface area contributed by atoms with Crippen molar-refractivity contribution in [1.82, 2.24) is 15.5 Å². The van der Waals surface area contributed by atoms with Crippen LogP contribution in [0.25, 0.3) is 0 Å². The van der Waals surface area contributed by atoms with Gasteiger partial charge in [0.25, 0.3) is 0 Å². The Bertz CT molecular complexity index is 270. The smallest absolute Gasteiger partial charge is 0.355 e. The molecule has 1 aliphatic rings. The first kappa shape index (κ1) is 18.5. The van der Waals surface area contributed by atoms with Crippen molar-refractivity contribution in [1.29, 1.82) is 0 Å². The number of nitrogens with one attached hydrogen (secondary N) is 2. The topological polar surface area (TPSA) is 44.4 Å². The van der Waals surface area contributed by atoms with Crippen LogP contribution in [0.3, 0.4) is 0 Å². The van der Waals surface area contributed by atoms with Crippen LogP contribution in [0.5, 0.6) is 0 Å². The fourth-order valence-electron chi connectivity index (χ4n) is 1.98. The number of alkyl halides is 3. The van der Waals surface area contributed by atoms with Crippen molar-refractivity contribution in [2.75, 3.05) is 33.2 Å². The van der Waals surface area contributed by atoms with Gasteiger partial charge in [-0.3, -0.25) is 9.69 Å². The highest BCUT2D eigenvalue weighted by molar-refractivity contribution is 5.85. The molecule has 1 aliphatic heterocycles. The van der Waals surface area contributed by atoms with Crippen molar-refractivity contribution >= 4 is 18.3 Å². The van der Waals surface area contributed by atoms with Gasteiger partial charge in [0.1, 0.15) is 0 Å². The normalized spacial score (nSPS) is 19.3. The molecule has 0 aromatic heterocycles. The lowest BCUT2D eigenvalue weighted by atomic mass is 10.2. The molecular weight excluding hydrogens is 283 g/mol. The molecule has 1 amide bonds. The molecule has 1 atom stereocenters. The van der Waals surface area contributed by atoms with Gasteiger partial charge < -0.3 is 10.6 Å². The van der Waals surface area contributed by atoms with Crippen LogP contribution in [-0.2, 0) is 4.79 Å². The highest BCUT2D eigenvalue weighted by Crippen LogP contribution is 2.15. The van der Waals surface area contributed by atoms with E-state index in [1.807, 2.05) is 0 Å². The summed E-state index contributed by atoms with van der Waals surface area (Å²) in [6.07, 6.45) is -1.82. The number of carbonyl (C=O) groups is 1. The third-order valence-electron chi connectivity index (χ3n) is 2.84. The summed E-state index contributed by atoms with van der Waals surface area (Å²) in [7, 11) is 1.42. The molecule has 1 saturated heterocycles. The molecular formula is C11H21ClF3N3O. The van der Waals surface area contributed by atoms with Crippen molar-refractivity contribution in [3.63, 3.8) is 0 Å². The van der Waals surface area contributed by atoms with E-state index in [2.05, 4.69) is 10.6 Å². The standard InChI is InChI=1S/C11H20F3N3O.ClH/c1-17(8-11(12,13)14)7-3-6-16-10(18)9-4-2-5-15-9;/h9,15H,2-8H2,1H3,(H,16,18);1H. The quantitative estimate of drug-likeness (QED) is 0.724. The van der Waals surface area contributed by atoms with Crippen LogP contribution in [0.15, 0.2) is 0 Å². The van der Waals surface area contributed by atoms with Crippen molar-refractivity contribution in [2.45, 2.75) is 31.5 Å². The molecule has 2 N–H and O–H groups in total. The van der Waals surface area contributed by atoms with Gasteiger partial charge in [-0.15, -0.1) is 12.4 Å². The van der Waals surface area contributed by atoms with E-state index in [0.29, 0.717) is 19.5 Å². The summed E-state index contributed by atoms with van der Waals surface area (Å²) in [4.78, 5) is 12.8. The summed E-state index contributed by atoms with van der Waals surface area (Å²) in [6, 6.07) is -0.127. The minimum Gasteiger partial charge on any atom is -0.355 e. The Morgan fingerprint density at radius 1 is 1.47 bits per heavy atom. The summed E-state index contributed by atoms with van der Waals surface area (Å²) in [5.74, 6) is -0.0500. The number of halogens is 4. The largest absolute Gasteiger partial charge is 0.401 e. The third-order valence-corrected chi connectivity index (χ3v) is 2.84. The van der Waals surface area contributed by atoms with Crippen LogP contribution in [-0.4, -0.2) is 56.3 Å². The zero-order valence-electron chi connectivity index (χ0n) is 10.9. The van der Waals surface area contributed by atoms with Gasteiger partial charge in [0, 0.05) is 6.54 Å². The maximum Gasteiger partial charge on any atom is 0.401 e. The molecule has 0 aromatic rings. The third kappa shape index (κ3) is 8.28. The zero-order chi connectivity index (χ0) is 13.6. The Hall–Kier alpha value is -0.530. The molecule has 1 heterocycles. The van der Waals surface area contributed by atoms with Gasteiger partial charge in [-0.1, -0.05) is 0 Å². The molecule has 4 nitrogen and oxygen atoms in total. The lowest BCUT2D eigenvalue weighted by Gasteiger charge is -2.18. The molecule has 1 unspecified atom stereocenters. The first-order chi connectivity index (χ1) is 8.38. The fourth-order valence-corrected chi connectivity index (χ4v) is 1.98. The van der Waals surface area contributed by atoms with E-state index in [9.17, 15) is 18.0 Å². The Labute approximate surface area is 117 Å². The molecule has 0 saturated carbocycles. The van der Waals surface area contributed by atoms with Gasteiger partial charge in [-0.05, 0) is 39.4 Å². The molecule has 1 fully saturated rings. The number of rotatable bonds is 6. The van der Waals surface area contributed by atoms with Gasteiger partial charge in [-0.2, -0.15) is 13.2 Å². The number of amides is 1. The van der Waals surface area contributed by atoms with E-state index < -0.39 is 12.7 Å². The molecule has 8 heteroatoms. The van der Waals surface area contributed by atoms with E-state index in [1.54, 1.807) is 0 Å². The van der Waals surface area contributed by atoms with Gasteiger partial charge in [-0.25, -0.2) is 0 Å². The average Bonchev–Trinajstić information content (AvgIpc) is 2.74. The van der Waals surface area contributed by atoms with Gasteiger partial charge >= 0.3 is 6.18 Å². The minimum atomic E-state index is -4.16. The van der Waals surface area contributed by atoms with Crippen molar-refractivity contribution in [3.8, 4) is 0 Å². The average molecular weight is 304 g/mol. The van der Waals surface area contributed by atoms with Crippen LogP contribution in [0, 0.1) is 0 Å². The monoisotopic (exact) mass is 303 g/mol. The predicted molar refractivity (Wildman–Crippen MR) is 69.5 cm³/mol. The minimum absolute atomic E-state index is 0. The Morgan fingerprint density at radius 3 is 2.68 bits per heavy atom. The van der Waals surface area contributed by atoms with E-state index in [-0.39, 0.29) is 24.4 Å². The molecule has 0 bridgehead atoms. The number of nitrogens with zero attached hydrogens (tertiary/aromatic N) is 1. The van der Waals surface area contributed by atoms with Gasteiger partial charge in [0.05, 0.1) is 12.6 Å². The molecule has 114 valence electrons. The Kier molecular flexibility index (Phi) is 8.36. The lowest BCUT2D eigenvalue weighted by Crippen LogP contribution is -2.41. The van der Waals surface area contributed by atoms with E-state index >= 15 is 0 Å².